The van der Waals surface area contributed by atoms with Gasteiger partial charge in [-0.15, -0.1) is 0 Å². The van der Waals surface area contributed by atoms with Crippen molar-refractivity contribution in [2.75, 3.05) is 21.3 Å². The monoisotopic (exact) mass is 338 g/mol. The van der Waals surface area contributed by atoms with Crippen LogP contribution in [0.25, 0.3) is 0 Å². The van der Waals surface area contributed by atoms with Crippen LogP contribution in [-0.2, 0) is 0 Å². The summed E-state index contributed by atoms with van der Waals surface area (Å²) in [5.41, 5.74) is 0.384. The first kappa shape index (κ1) is 17.3. The molecule has 23 heavy (non-hydrogen) atoms. The molecule has 0 heterocycles. The van der Waals surface area contributed by atoms with Crippen LogP contribution >= 0.6 is 12.2 Å². The molecule has 1 aromatic carbocycles. The average Bonchev–Trinajstić information content (AvgIpc) is 3.05. The van der Waals surface area contributed by atoms with Crippen molar-refractivity contribution >= 4 is 23.2 Å². The van der Waals surface area contributed by atoms with Crippen molar-refractivity contribution in [3.63, 3.8) is 0 Å². The van der Waals surface area contributed by atoms with E-state index in [1.165, 1.54) is 34.2 Å². The van der Waals surface area contributed by atoms with Crippen LogP contribution in [0.1, 0.15) is 36.0 Å². The molecule has 0 unspecified atom stereocenters. The van der Waals surface area contributed by atoms with Gasteiger partial charge in [0.05, 0.1) is 21.3 Å². The molecular formula is C16H22N2O4S. The normalized spacial score (nSPS) is 14.2. The minimum atomic E-state index is -0.320. The van der Waals surface area contributed by atoms with Gasteiger partial charge in [-0.05, 0) is 37.2 Å². The van der Waals surface area contributed by atoms with Gasteiger partial charge in [0, 0.05) is 11.6 Å². The summed E-state index contributed by atoms with van der Waals surface area (Å²) in [7, 11) is 4.53. The standard InChI is InChI=1S/C16H22N2O4S/c1-20-12-8-10(9-13(21-2)14(12)22-3)15(19)18-16(23)17-11-6-4-5-7-11/h8-9,11H,4-7H2,1-3H3,(H2,17,18,19,23). The molecule has 2 rings (SSSR count). The molecule has 126 valence electrons. The Morgan fingerprint density at radius 3 is 2.13 bits per heavy atom. The lowest BCUT2D eigenvalue weighted by Crippen LogP contribution is -2.43. The van der Waals surface area contributed by atoms with E-state index in [9.17, 15) is 4.79 Å². The van der Waals surface area contributed by atoms with Crippen LogP contribution < -0.4 is 24.8 Å². The Kier molecular flexibility index (Phi) is 6.04. The molecule has 1 saturated carbocycles. The summed E-state index contributed by atoms with van der Waals surface area (Å²) >= 11 is 5.21. The third-order valence-corrected chi connectivity index (χ3v) is 4.06. The summed E-state index contributed by atoms with van der Waals surface area (Å²) in [5, 5.41) is 6.21. The van der Waals surface area contributed by atoms with Gasteiger partial charge >= 0.3 is 0 Å². The molecule has 0 bridgehead atoms. The lowest BCUT2D eigenvalue weighted by molar-refractivity contribution is 0.0975. The van der Waals surface area contributed by atoms with E-state index >= 15 is 0 Å². The fraction of sp³-hybridized carbons (Fsp3) is 0.500. The number of benzene rings is 1. The van der Waals surface area contributed by atoms with Crippen LogP contribution in [0.15, 0.2) is 12.1 Å². The van der Waals surface area contributed by atoms with Crippen molar-refractivity contribution in [2.24, 2.45) is 0 Å². The van der Waals surface area contributed by atoms with E-state index in [0.717, 1.165) is 12.8 Å². The lowest BCUT2D eigenvalue weighted by atomic mass is 10.1. The number of methoxy groups -OCH3 is 3. The van der Waals surface area contributed by atoms with Gasteiger partial charge in [0.2, 0.25) is 5.75 Å². The second kappa shape index (κ2) is 8.01. The molecule has 1 aromatic rings. The Morgan fingerprint density at radius 1 is 1.09 bits per heavy atom. The van der Waals surface area contributed by atoms with Crippen LogP contribution in [0.4, 0.5) is 0 Å². The number of hydrogen-bond acceptors (Lipinski definition) is 5. The molecule has 1 amide bonds. The molecule has 2 N–H and O–H groups in total. The first-order chi connectivity index (χ1) is 11.1. The summed E-state index contributed by atoms with van der Waals surface area (Å²) in [6.45, 7) is 0. The van der Waals surface area contributed by atoms with E-state index in [0.29, 0.717) is 34.0 Å². The highest BCUT2D eigenvalue weighted by atomic mass is 32.1. The van der Waals surface area contributed by atoms with Gasteiger partial charge in [-0.1, -0.05) is 12.8 Å². The molecule has 0 spiro atoms. The first-order valence-electron chi connectivity index (χ1n) is 7.51. The van der Waals surface area contributed by atoms with Crippen LogP contribution in [0, 0.1) is 0 Å². The van der Waals surface area contributed by atoms with Gasteiger partial charge < -0.3 is 19.5 Å². The van der Waals surface area contributed by atoms with E-state index < -0.39 is 0 Å². The Bertz CT molecular complexity index is 560. The Morgan fingerprint density at radius 2 is 1.65 bits per heavy atom. The van der Waals surface area contributed by atoms with Crippen LogP contribution in [0.3, 0.4) is 0 Å². The molecule has 0 aromatic heterocycles. The van der Waals surface area contributed by atoms with Crippen LogP contribution in [0.2, 0.25) is 0 Å². The maximum absolute atomic E-state index is 12.4. The Balaban J connectivity index is 2.10. The molecule has 0 atom stereocenters. The maximum atomic E-state index is 12.4. The largest absolute Gasteiger partial charge is 0.493 e. The highest BCUT2D eigenvalue weighted by Gasteiger charge is 2.19. The van der Waals surface area contributed by atoms with Crippen molar-refractivity contribution < 1.29 is 19.0 Å². The van der Waals surface area contributed by atoms with Crippen molar-refractivity contribution in [1.82, 2.24) is 10.6 Å². The molecule has 1 fully saturated rings. The topological polar surface area (TPSA) is 68.8 Å². The number of carbonyl (C=O) groups excluding carboxylic acids is 1. The number of hydrogen-bond donors (Lipinski definition) is 2. The van der Waals surface area contributed by atoms with Crippen molar-refractivity contribution in [2.45, 2.75) is 31.7 Å². The summed E-state index contributed by atoms with van der Waals surface area (Å²) in [5.74, 6) is 0.969. The average molecular weight is 338 g/mol. The van der Waals surface area contributed by atoms with E-state index in [2.05, 4.69) is 10.6 Å². The number of nitrogens with one attached hydrogen (secondary N) is 2. The zero-order valence-corrected chi connectivity index (χ0v) is 14.4. The smallest absolute Gasteiger partial charge is 0.257 e. The van der Waals surface area contributed by atoms with E-state index in [1.54, 1.807) is 12.1 Å². The number of amides is 1. The third-order valence-electron chi connectivity index (χ3n) is 3.84. The van der Waals surface area contributed by atoms with Gasteiger partial charge in [-0.3, -0.25) is 10.1 Å². The predicted molar refractivity (Wildman–Crippen MR) is 91.6 cm³/mol. The molecule has 0 radical (unpaired) electrons. The van der Waals surface area contributed by atoms with Crippen LogP contribution in [0.5, 0.6) is 17.2 Å². The second-order valence-corrected chi connectivity index (χ2v) is 5.73. The van der Waals surface area contributed by atoms with E-state index in [4.69, 9.17) is 26.4 Å². The van der Waals surface area contributed by atoms with Gasteiger partial charge in [-0.2, -0.15) is 0 Å². The highest BCUT2D eigenvalue weighted by Crippen LogP contribution is 2.38. The van der Waals surface area contributed by atoms with Crippen molar-refractivity contribution in [3.05, 3.63) is 17.7 Å². The van der Waals surface area contributed by atoms with E-state index in [-0.39, 0.29) is 5.91 Å². The molecule has 7 heteroatoms. The third kappa shape index (κ3) is 4.25. The molecule has 0 saturated heterocycles. The molecular weight excluding hydrogens is 316 g/mol. The fourth-order valence-electron chi connectivity index (χ4n) is 2.68. The Labute approximate surface area is 141 Å². The summed E-state index contributed by atoms with van der Waals surface area (Å²) in [6.07, 6.45) is 4.56. The van der Waals surface area contributed by atoms with Crippen molar-refractivity contribution in [1.29, 1.82) is 0 Å². The number of thiocarbonyl (C=S) groups is 1. The summed E-state index contributed by atoms with van der Waals surface area (Å²) in [6, 6.07) is 3.53. The van der Waals surface area contributed by atoms with Crippen LogP contribution in [-0.4, -0.2) is 38.4 Å². The molecule has 1 aliphatic carbocycles. The minimum absolute atomic E-state index is 0.320. The number of rotatable bonds is 5. The SMILES string of the molecule is COc1cc(C(=O)NC(=S)NC2CCCC2)cc(OC)c1OC. The summed E-state index contributed by atoms with van der Waals surface area (Å²) in [4.78, 5) is 12.4. The van der Waals surface area contributed by atoms with Gasteiger partial charge in [-0.25, -0.2) is 0 Å². The Hall–Kier alpha value is -2.02. The quantitative estimate of drug-likeness (QED) is 0.803. The zero-order valence-electron chi connectivity index (χ0n) is 13.6. The molecule has 1 aliphatic rings. The second-order valence-electron chi connectivity index (χ2n) is 5.32. The zero-order chi connectivity index (χ0) is 16.8. The van der Waals surface area contributed by atoms with Gasteiger partial charge in [0.15, 0.2) is 16.6 Å². The van der Waals surface area contributed by atoms with Gasteiger partial charge in [0.1, 0.15) is 0 Å². The molecule has 6 nitrogen and oxygen atoms in total. The summed E-state index contributed by atoms with van der Waals surface area (Å²) < 4.78 is 15.7. The number of ether oxygens (including phenoxy) is 3. The maximum Gasteiger partial charge on any atom is 0.257 e. The molecule has 0 aliphatic heterocycles. The van der Waals surface area contributed by atoms with E-state index in [1.807, 2.05) is 0 Å². The number of carbonyl (C=O) groups is 1. The highest BCUT2D eigenvalue weighted by molar-refractivity contribution is 7.80. The lowest BCUT2D eigenvalue weighted by Gasteiger charge is -2.16. The van der Waals surface area contributed by atoms with Crippen molar-refractivity contribution in [3.8, 4) is 17.2 Å². The first-order valence-corrected chi connectivity index (χ1v) is 7.91. The minimum Gasteiger partial charge on any atom is -0.493 e. The predicted octanol–water partition coefficient (Wildman–Crippen LogP) is 2.26. The fourth-order valence-corrected chi connectivity index (χ4v) is 2.94. The van der Waals surface area contributed by atoms with Gasteiger partial charge in [0.25, 0.3) is 5.91 Å².